The van der Waals surface area contributed by atoms with Crippen molar-refractivity contribution in [2.75, 3.05) is 6.26 Å². The van der Waals surface area contributed by atoms with Gasteiger partial charge in [-0.15, -0.1) is 0 Å². The number of sulfone groups is 1. The summed E-state index contributed by atoms with van der Waals surface area (Å²) in [6.07, 6.45) is 6.59. The van der Waals surface area contributed by atoms with Gasteiger partial charge < -0.3 is 5.11 Å². The third-order valence-corrected chi connectivity index (χ3v) is 5.78. The summed E-state index contributed by atoms with van der Waals surface area (Å²) < 4.78 is 23.0. The van der Waals surface area contributed by atoms with Crippen molar-refractivity contribution < 1.29 is 13.5 Å². The van der Waals surface area contributed by atoms with Gasteiger partial charge in [0.25, 0.3) is 0 Å². The molecule has 0 aromatic heterocycles. The van der Waals surface area contributed by atoms with E-state index in [1.165, 1.54) is 6.26 Å². The van der Waals surface area contributed by atoms with Crippen molar-refractivity contribution in [3.63, 3.8) is 0 Å². The zero-order valence-electron chi connectivity index (χ0n) is 9.22. The molecule has 0 spiro atoms. The zero-order chi connectivity index (χ0) is 11.1. The van der Waals surface area contributed by atoms with E-state index < -0.39 is 9.84 Å². The van der Waals surface area contributed by atoms with Gasteiger partial charge in [-0.1, -0.05) is 0 Å². The van der Waals surface area contributed by atoms with Crippen molar-refractivity contribution in [1.29, 1.82) is 0 Å². The molecule has 4 unspecified atom stereocenters. The first-order valence-electron chi connectivity index (χ1n) is 5.83. The molecule has 2 rings (SSSR count). The van der Waals surface area contributed by atoms with E-state index in [4.69, 9.17) is 0 Å². The molecule has 4 heteroatoms. The molecule has 0 aromatic rings. The van der Waals surface area contributed by atoms with Crippen LogP contribution >= 0.6 is 0 Å². The molecule has 0 bridgehead atoms. The van der Waals surface area contributed by atoms with E-state index in [1.807, 2.05) is 0 Å². The summed E-state index contributed by atoms with van der Waals surface area (Å²) in [7, 11) is -2.85. The molecule has 4 atom stereocenters. The maximum Gasteiger partial charge on any atom is 0.150 e. The van der Waals surface area contributed by atoms with Gasteiger partial charge in [-0.05, 0) is 50.4 Å². The maximum absolute atomic E-state index is 11.5. The van der Waals surface area contributed by atoms with E-state index in [9.17, 15) is 13.5 Å². The third-order valence-electron chi connectivity index (χ3n) is 4.14. The monoisotopic (exact) mass is 232 g/mol. The van der Waals surface area contributed by atoms with Crippen molar-refractivity contribution >= 4 is 9.84 Å². The van der Waals surface area contributed by atoms with Crippen LogP contribution in [0.5, 0.6) is 0 Å². The van der Waals surface area contributed by atoms with Gasteiger partial charge in [0.05, 0.1) is 11.4 Å². The minimum absolute atomic E-state index is 0.117. The zero-order valence-corrected chi connectivity index (χ0v) is 10.0. The number of hydrogen-bond donors (Lipinski definition) is 1. The lowest BCUT2D eigenvalue weighted by Crippen LogP contribution is -2.37. The molecular formula is C11H20O3S. The van der Waals surface area contributed by atoms with Crippen LogP contribution in [0.3, 0.4) is 0 Å². The standard InChI is InChI=1S/C11H20O3S/c1-15(13,14)11-5-3-8-6-10(12)4-2-9(8)7-11/h8-12H,2-7H2,1H3. The van der Waals surface area contributed by atoms with Gasteiger partial charge in [-0.25, -0.2) is 8.42 Å². The molecule has 3 nitrogen and oxygen atoms in total. The van der Waals surface area contributed by atoms with Crippen molar-refractivity contribution in [3.8, 4) is 0 Å². The van der Waals surface area contributed by atoms with Crippen LogP contribution in [0.1, 0.15) is 38.5 Å². The number of rotatable bonds is 1. The number of hydrogen-bond acceptors (Lipinski definition) is 3. The van der Waals surface area contributed by atoms with Gasteiger partial charge in [0.15, 0.2) is 0 Å². The quantitative estimate of drug-likeness (QED) is 0.742. The highest BCUT2D eigenvalue weighted by Crippen LogP contribution is 2.42. The fraction of sp³-hybridized carbons (Fsp3) is 1.00. The highest BCUT2D eigenvalue weighted by atomic mass is 32.2. The van der Waals surface area contributed by atoms with E-state index in [-0.39, 0.29) is 11.4 Å². The smallest absolute Gasteiger partial charge is 0.150 e. The molecule has 0 saturated heterocycles. The highest BCUT2D eigenvalue weighted by Gasteiger charge is 2.37. The predicted molar refractivity (Wildman–Crippen MR) is 59.3 cm³/mol. The lowest BCUT2D eigenvalue weighted by molar-refractivity contribution is 0.0499. The molecule has 0 aliphatic heterocycles. The van der Waals surface area contributed by atoms with Crippen molar-refractivity contribution in [2.24, 2.45) is 11.8 Å². The summed E-state index contributed by atoms with van der Waals surface area (Å²) in [6, 6.07) is 0. The van der Waals surface area contributed by atoms with Gasteiger partial charge in [0.1, 0.15) is 9.84 Å². The largest absolute Gasteiger partial charge is 0.393 e. The Labute approximate surface area is 91.8 Å². The van der Waals surface area contributed by atoms with Gasteiger partial charge in [0.2, 0.25) is 0 Å². The topological polar surface area (TPSA) is 54.4 Å². The predicted octanol–water partition coefficient (Wildman–Crippen LogP) is 1.36. The van der Waals surface area contributed by atoms with Crippen LogP contribution in [0.25, 0.3) is 0 Å². The van der Waals surface area contributed by atoms with Gasteiger partial charge in [-0.3, -0.25) is 0 Å². The van der Waals surface area contributed by atoms with Crippen LogP contribution in [0.15, 0.2) is 0 Å². The minimum atomic E-state index is -2.85. The summed E-state index contributed by atoms with van der Waals surface area (Å²) in [6.45, 7) is 0. The second-order valence-corrected chi connectivity index (χ2v) is 7.58. The second kappa shape index (κ2) is 4.06. The Hall–Kier alpha value is -0.0900. The van der Waals surface area contributed by atoms with E-state index in [2.05, 4.69) is 0 Å². The molecule has 88 valence electrons. The van der Waals surface area contributed by atoms with Crippen molar-refractivity contribution in [2.45, 2.75) is 49.9 Å². The summed E-state index contributed by atoms with van der Waals surface area (Å²) in [5.74, 6) is 1.12. The van der Waals surface area contributed by atoms with Crippen LogP contribution in [-0.2, 0) is 9.84 Å². The molecule has 0 radical (unpaired) electrons. The average molecular weight is 232 g/mol. The molecule has 2 saturated carbocycles. The number of aliphatic hydroxyl groups is 1. The normalized spacial score (nSPS) is 42.3. The number of aliphatic hydroxyl groups excluding tert-OH is 1. The van der Waals surface area contributed by atoms with Crippen molar-refractivity contribution in [1.82, 2.24) is 0 Å². The molecule has 0 aromatic carbocycles. The molecular weight excluding hydrogens is 212 g/mol. The van der Waals surface area contributed by atoms with Crippen LogP contribution in [0.2, 0.25) is 0 Å². The Morgan fingerprint density at radius 3 is 2.27 bits per heavy atom. The Morgan fingerprint density at radius 1 is 1.00 bits per heavy atom. The molecule has 0 heterocycles. The molecule has 2 aliphatic rings. The van der Waals surface area contributed by atoms with E-state index in [1.54, 1.807) is 0 Å². The van der Waals surface area contributed by atoms with Crippen LogP contribution in [0.4, 0.5) is 0 Å². The third kappa shape index (κ3) is 2.53. The molecule has 2 fully saturated rings. The highest BCUT2D eigenvalue weighted by molar-refractivity contribution is 7.91. The lowest BCUT2D eigenvalue weighted by Gasteiger charge is -2.40. The molecule has 1 N–H and O–H groups in total. The SMILES string of the molecule is CS(=O)(=O)C1CCC2CC(O)CCC2C1. The maximum atomic E-state index is 11.5. The van der Waals surface area contributed by atoms with Crippen molar-refractivity contribution in [3.05, 3.63) is 0 Å². The van der Waals surface area contributed by atoms with Gasteiger partial charge in [-0.2, -0.15) is 0 Å². The summed E-state index contributed by atoms with van der Waals surface area (Å²) in [5, 5.41) is 9.44. The van der Waals surface area contributed by atoms with Gasteiger partial charge >= 0.3 is 0 Å². The fourth-order valence-electron chi connectivity index (χ4n) is 3.21. The lowest BCUT2D eigenvalue weighted by atomic mass is 9.70. The summed E-state index contributed by atoms with van der Waals surface area (Å²) in [4.78, 5) is 0. The van der Waals surface area contributed by atoms with Gasteiger partial charge in [0, 0.05) is 6.26 Å². The Kier molecular flexibility index (Phi) is 3.08. The Morgan fingerprint density at radius 2 is 1.60 bits per heavy atom. The summed E-state index contributed by atoms with van der Waals surface area (Å²) in [5.41, 5.74) is 0. The first kappa shape index (κ1) is 11.4. The van der Waals surface area contributed by atoms with Crippen LogP contribution < -0.4 is 0 Å². The Bertz CT molecular complexity index is 323. The van der Waals surface area contributed by atoms with E-state index >= 15 is 0 Å². The second-order valence-electron chi connectivity index (χ2n) is 5.25. The van der Waals surface area contributed by atoms with E-state index in [0.29, 0.717) is 11.8 Å². The molecule has 0 amide bonds. The first-order valence-corrected chi connectivity index (χ1v) is 7.79. The minimum Gasteiger partial charge on any atom is -0.393 e. The molecule has 15 heavy (non-hydrogen) atoms. The van der Waals surface area contributed by atoms with E-state index in [0.717, 1.165) is 38.5 Å². The Balaban J connectivity index is 2.01. The first-order chi connectivity index (χ1) is 6.97. The molecule has 2 aliphatic carbocycles. The summed E-state index contributed by atoms with van der Waals surface area (Å²) >= 11 is 0. The van der Waals surface area contributed by atoms with Crippen LogP contribution in [0, 0.1) is 11.8 Å². The average Bonchev–Trinajstić information content (AvgIpc) is 2.15. The fourth-order valence-corrected chi connectivity index (χ4v) is 4.37. The van der Waals surface area contributed by atoms with Crippen LogP contribution in [-0.4, -0.2) is 31.1 Å². The number of fused-ring (bicyclic) bond motifs is 1.